The van der Waals surface area contributed by atoms with Crippen LogP contribution in [0.4, 0.5) is 0 Å². The van der Waals surface area contributed by atoms with Crippen LogP contribution in [0, 0.1) is 0 Å². The molecule has 1 saturated carbocycles. The van der Waals surface area contributed by atoms with E-state index < -0.39 is 102 Å². The van der Waals surface area contributed by atoms with Gasteiger partial charge in [0.2, 0.25) is 0 Å². The van der Waals surface area contributed by atoms with Crippen molar-refractivity contribution in [2.75, 3.05) is 13.2 Å². The van der Waals surface area contributed by atoms with E-state index in [-0.39, 0.29) is 25.7 Å². The monoisotopic (exact) mass is 1010 g/mol. The third kappa shape index (κ3) is 31.0. The summed E-state index contributed by atoms with van der Waals surface area (Å²) < 4.78 is 49.1. The number of hydrogen-bond acceptors (Lipinski definition) is 16. The van der Waals surface area contributed by atoms with Gasteiger partial charge in [-0.15, -0.1) is 0 Å². The van der Waals surface area contributed by atoms with E-state index in [1.165, 1.54) is 44.3 Å². The fraction of sp³-hybridized carbons (Fsp3) is 0.745. The van der Waals surface area contributed by atoms with Crippen molar-refractivity contribution in [2.24, 2.45) is 0 Å². The molecular weight excluding hydrogens is 930 g/mol. The zero-order valence-electron chi connectivity index (χ0n) is 39.9. The highest BCUT2D eigenvalue weighted by molar-refractivity contribution is 7.47. The molecule has 0 aromatic rings. The average molecular weight is 1010 g/mol. The van der Waals surface area contributed by atoms with E-state index in [2.05, 4.69) is 30.5 Å². The number of hydrogen-bond donors (Lipinski definition) is 10. The minimum atomic E-state index is -5.41. The molecule has 0 bridgehead atoms. The molecule has 0 aliphatic heterocycles. The summed E-state index contributed by atoms with van der Waals surface area (Å²) in [7, 11) is -10.8. The van der Waals surface area contributed by atoms with Gasteiger partial charge in [0.1, 0.15) is 43.2 Å². The van der Waals surface area contributed by atoms with Gasteiger partial charge < -0.3 is 59.9 Å². The largest absolute Gasteiger partial charge is 0.472 e. The summed E-state index contributed by atoms with van der Waals surface area (Å²) in [5, 5.41) is 71.9. The Morgan fingerprint density at radius 3 is 1.71 bits per heavy atom. The molecule has 1 aliphatic rings. The van der Waals surface area contributed by atoms with Crippen LogP contribution in [-0.4, -0.2) is 137 Å². The van der Waals surface area contributed by atoms with Crippen LogP contribution in [-0.2, 0) is 41.8 Å². The number of unbranched alkanes of at least 4 members (excludes halogenated alkanes) is 13. The van der Waals surface area contributed by atoms with E-state index in [9.17, 15) is 69.1 Å². The van der Waals surface area contributed by atoms with Crippen LogP contribution in [0.5, 0.6) is 0 Å². The molecule has 0 aromatic heterocycles. The maximum absolute atomic E-state index is 13.0. The number of ether oxygens (including phenoxy) is 2. The predicted molar refractivity (Wildman–Crippen MR) is 254 cm³/mol. The first-order valence-electron chi connectivity index (χ1n) is 24.2. The van der Waals surface area contributed by atoms with E-state index in [1.54, 1.807) is 36.5 Å². The van der Waals surface area contributed by atoms with Gasteiger partial charge in [-0.25, -0.2) is 9.13 Å². The standard InChI is InChI=1S/C47H82O19P2/c1-3-5-7-8-9-10-11-12-13-14-15-16-17-22-26-32-40(51)62-34-37(35-63-68(60,61)66-47-44(55)42(53)43(54)46(45(47)56)65-67(57,58)59)64-41(52)33-27-31-39(50)38(49)30-25-21-19-18-20-24-29-36(48)28-23-6-4-2/h5,7,18-21,24-25,29-30,36-39,42-50,53-56H,3-4,6,8-17,22-23,26-28,31-35H2,1-2H3,(H,60,61)(H2,57,58,59)/b7-5-,20-18-,21-19+,29-24+,30-25+/t36-,37+,38-,39-,42?,43?,44?,45?,46+,47-/m0/s1. The Kier molecular flexibility index (Phi) is 35.0. The first-order valence-corrected chi connectivity index (χ1v) is 27.2. The Balaban J connectivity index is 2.74. The van der Waals surface area contributed by atoms with Crippen LogP contribution in [0.15, 0.2) is 60.8 Å². The molecule has 0 radical (unpaired) electrons. The van der Waals surface area contributed by atoms with Crippen LogP contribution in [0.3, 0.4) is 0 Å². The molecule has 0 heterocycles. The summed E-state index contributed by atoms with van der Waals surface area (Å²) >= 11 is 0. The molecule has 0 spiro atoms. The molecule has 1 rings (SSSR count). The molecule has 0 amide bonds. The topological polar surface area (TPSA) is 317 Å². The smallest absolute Gasteiger partial charge is 0.462 e. The minimum Gasteiger partial charge on any atom is -0.462 e. The number of aliphatic hydroxyl groups is 7. The Hall–Kier alpha value is -2.42. The molecule has 1 aliphatic carbocycles. The minimum absolute atomic E-state index is 0.0236. The normalized spacial score (nSPS) is 23.2. The van der Waals surface area contributed by atoms with Crippen molar-refractivity contribution < 1.29 is 92.2 Å². The molecule has 394 valence electrons. The number of phosphoric ester groups is 2. The summed E-state index contributed by atoms with van der Waals surface area (Å²) in [5.41, 5.74) is 0. The number of phosphoric acid groups is 2. The molecule has 0 saturated heterocycles. The molecule has 68 heavy (non-hydrogen) atoms. The number of esters is 2. The lowest BCUT2D eigenvalue weighted by atomic mass is 9.85. The first kappa shape index (κ1) is 63.6. The van der Waals surface area contributed by atoms with Crippen molar-refractivity contribution in [2.45, 2.75) is 210 Å². The second-order valence-corrected chi connectivity index (χ2v) is 19.6. The maximum Gasteiger partial charge on any atom is 0.472 e. The van der Waals surface area contributed by atoms with Crippen LogP contribution in [0.2, 0.25) is 0 Å². The number of allylic oxidation sites excluding steroid dienone is 8. The van der Waals surface area contributed by atoms with Gasteiger partial charge in [0, 0.05) is 12.8 Å². The molecule has 5 unspecified atom stereocenters. The average Bonchev–Trinajstić information content (AvgIpc) is 3.28. The molecule has 1 fully saturated rings. The fourth-order valence-electron chi connectivity index (χ4n) is 7.06. The van der Waals surface area contributed by atoms with Gasteiger partial charge >= 0.3 is 27.6 Å². The molecule has 11 atom stereocenters. The maximum atomic E-state index is 13.0. The summed E-state index contributed by atoms with van der Waals surface area (Å²) in [4.78, 5) is 54.3. The zero-order valence-corrected chi connectivity index (χ0v) is 41.6. The quantitative estimate of drug-likeness (QED) is 0.0111. The summed E-state index contributed by atoms with van der Waals surface area (Å²) in [6, 6.07) is 0. The van der Waals surface area contributed by atoms with Crippen molar-refractivity contribution >= 4 is 27.6 Å². The predicted octanol–water partition coefficient (Wildman–Crippen LogP) is 5.97. The lowest BCUT2D eigenvalue weighted by Gasteiger charge is -2.43. The molecule has 21 heteroatoms. The van der Waals surface area contributed by atoms with Crippen molar-refractivity contribution in [1.29, 1.82) is 0 Å². The fourth-order valence-corrected chi connectivity index (χ4v) is 8.60. The molecule has 19 nitrogen and oxygen atoms in total. The summed E-state index contributed by atoms with van der Waals surface area (Å²) in [6.45, 7) is 2.63. The Morgan fingerprint density at radius 1 is 0.574 bits per heavy atom. The van der Waals surface area contributed by atoms with Gasteiger partial charge in [-0.05, 0) is 44.9 Å². The summed E-state index contributed by atoms with van der Waals surface area (Å²) in [5.74, 6) is -1.54. The van der Waals surface area contributed by atoms with E-state index in [1.807, 2.05) is 0 Å². The number of rotatable bonds is 39. The Bertz CT molecular complexity index is 1600. The van der Waals surface area contributed by atoms with Crippen molar-refractivity contribution in [3.63, 3.8) is 0 Å². The van der Waals surface area contributed by atoms with Crippen molar-refractivity contribution in [3.8, 4) is 0 Å². The van der Waals surface area contributed by atoms with Crippen molar-refractivity contribution in [3.05, 3.63) is 60.8 Å². The first-order chi connectivity index (χ1) is 32.3. The van der Waals surface area contributed by atoms with E-state index in [0.717, 1.165) is 64.2 Å². The Labute approximate surface area is 402 Å². The lowest BCUT2D eigenvalue weighted by molar-refractivity contribution is -0.216. The van der Waals surface area contributed by atoms with Gasteiger partial charge in [0.05, 0.1) is 24.9 Å². The van der Waals surface area contributed by atoms with Gasteiger partial charge in [-0.2, -0.15) is 0 Å². The van der Waals surface area contributed by atoms with E-state index >= 15 is 0 Å². The summed E-state index contributed by atoms with van der Waals surface area (Å²) in [6.07, 6.45) is 16.6. The highest BCUT2D eigenvalue weighted by Crippen LogP contribution is 2.49. The second-order valence-electron chi connectivity index (χ2n) is 17.0. The van der Waals surface area contributed by atoms with E-state index in [0.29, 0.717) is 12.8 Å². The highest BCUT2D eigenvalue weighted by Gasteiger charge is 2.54. The second kappa shape index (κ2) is 37.4. The third-order valence-electron chi connectivity index (χ3n) is 10.9. The third-order valence-corrected chi connectivity index (χ3v) is 12.4. The van der Waals surface area contributed by atoms with Gasteiger partial charge in [0.25, 0.3) is 0 Å². The zero-order chi connectivity index (χ0) is 50.8. The lowest BCUT2D eigenvalue weighted by Crippen LogP contribution is -2.64. The van der Waals surface area contributed by atoms with Crippen LogP contribution >= 0.6 is 15.6 Å². The van der Waals surface area contributed by atoms with E-state index in [4.69, 9.17) is 18.5 Å². The van der Waals surface area contributed by atoms with Crippen LogP contribution in [0.25, 0.3) is 0 Å². The molecule has 0 aromatic carbocycles. The SMILES string of the molecule is CC/C=C\CCCCCCCCCCCCCC(=O)OC[C@H](COP(=O)(O)O[C@H]1C(O)C(O)C(O)[C@@H](OP(=O)(O)O)C1O)OC(=O)CCC[C@H](O)[C@@H](O)/C=C/C=C/C=C\C=C\[C@@H](O)CCCCC. The van der Waals surface area contributed by atoms with Crippen LogP contribution < -0.4 is 0 Å². The molecular formula is C47H82O19P2. The van der Waals surface area contributed by atoms with Crippen LogP contribution in [0.1, 0.15) is 149 Å². The van der Waals surface area contributed by atoms with Gasteiger partial charge in [-0.3, -0.25) is 23.2 Å². The number of aliphatic hydroxyl groups excluding tert-OH is 7. The van der Waals surface area contributed by atoms with Crippen molar-refractivity contribution in [1.82, 2.24) is 0 Å². The Morgan fingerprint density at radius 2 is 1.12 bits per heavy atom. The number of carbonyl (C=O) groups excluding carboxylic acids is 2. The van der Waals surface area contributed by atoms with Gasteiger partial charge in [-0.1, -0.05) is 152 Å². The number of carbonyl (C=O) groups is 2. The van der Waals surface area contributed by atoms with Gasteiger partial charge in [0.15, 0.2) is 6.10 Å². The molecule has 10 N–H and O–H groups in total. The highest BCUT2D eigenvalue weighted by atomic mass is 31.2.